The molecule has 3 heterocycles. The molecule has 0 spiro atoms. The molecule has 4 rings (SSSR count). The highest BCUT2D eigenvalue weighted by molar-refractivity contribution is 6.03. The molecule has 1 amide bonds. The van der Waals surface area contributed by atoms with Gasteiger partial charge in [-0.3, -0.25) is 9.89 Å². The Bertz CT molecular complexity index is 1020. The van der Waals surface area contributed by atoms with E-state index in [1.807, 2.05) is 31.2 Å². The normalized spacial score (nSPS) is 14.0. The number of aromatic nitrogens is 4. The number of hydrogen-bond donors (Lipinski definition) is 3. The maximum Gasteiger partial charge on any atom is 0.277 e. The first-order valence-corrected chi connectivity index (χ1v) is 9.59. The van der Waals surface area contributed by atoms with E-state index in [4.69, 9.17) is 5.10 Å². The van der Waals surface area contributed by atoms with Gasteiger partial charge in [-0.25, -0.2) is 4.68 Å². The summed E-state index contributed by atoms with van der Waals surface area (Å²) in [6.45, 7) is 9.91. The third kappa shape index (κ3) is 3.45. The number of anilines is 1. The third-order valence-corrected chi connectivity index (χ3v) is 4.99. The topological polar surface area (TPSA) is 87.6 Å². The number of amides is 1. The third-order valence-electron chi connectivity index (χ3n) is 4.99. The average Bonchev–Trinajstić information content (AvgIpc) is 3.25. The molecule has 0 fully saturated rings. The van der Waals surface area contributed by atoms with Crippen molar-refractivity contribution in [1.82, 2.24) is 25.3 Å². The monoisotopic (exact) mass is 378 g/mol. The van der Waals surface area contributed by atoms with Gasteiger partial charge in [-0.05, 0) is 24.6 Å². The number of H-pyrrole nitrogens is 1. The van der Waals surface area contributed by atoms with Gasteiger partial charge >= 0.3 is 0 Å². The molecule has 2 aromatic heterocycles. The molecule has 3 N–H and O–H groups in total. The SMILES string of the molecule is Cc1cccc(-n2nc(C(C)(C)C)cc2NC(=O)c2n[nH]c3c2CNCC3)c1. The van der Waals surface area contributed by atoms with E-state index in [0.717, 1.165) is 41.2 Å². The standard InChI is InChI=1S/C21H26N6O/c1-13-6-5-7-14(10-13)27-18(11-17(26-27)21(2,3)4)23-20(28)19-15-12-22-9-8-16(15)24-25-19/h5-7,10-11,22H,8-9,12H2,1-4H3,(H,23,28)(H,24,25). The number of hydrogen-bond acceptors (Lipinski definition) is 4. The number of fused-ring (bicyclic) bond motifs is 1. The van der Waals surface area contributed by atoms with Crippen LogP contribution in [0.3, 0.4) is 0 Å². The van der Waals surface area contributed by atoms with Crippen LogP contribution in [-0.2, 0) is 18.4 Å². The Balaban J connectivity index is 1.71. The molecule has 28 heavy (non-hydrogen) atoms. The molecule has 1 aliphatic rings. The van der Waals surface area contributed by atoms with Gasteiger partial charge < -0.3 is 10.6 Å². The molecule has 146 valence electrons. The summed E-state index contributed by atoms with van der Waals surface area (Å²) in [6.07, 6.45) is 0.852. The van der Waals surface area contributed by atoms with Gasteiger partial charge in [0.15, 0.2) is 5.69 Å². The van der Waals surface area contributed by atoms with Crippen molar-refractivity contribution in [3.05, 3.63) is 58.5 Å². The zero-order chi connectivity index (χ0) is 19.9. The summed E-state index contributed by atoms with van der Waals surface area (Å²) >= 11 is 0. The number of nitrogens with zero attached hydrogens (tertiary/aromatic N) is 3. The minimum Gasteiger partial charge on any atom is -0.312 e. The first-order valence-electron chi connectivity index (χ1n) is 9.59. The second-order valence-corrected chi connectivity index (χ2v) is 8.33. The van der Waals surface area contributed by atoms with Crippen LogP contribution in [0.5, 0.6) is 0 Å². The van der Waals surface area contributed by atoms with Gasteiger partial charge in [-0.1, -0.05) is 32.9 Å². The highest BCUT2D eigenvalue weighted by Crippen LogP contribution is 2.27. The van der Waals surface area contributed by atoms with E-state index < -0.39 is 0 Å². The van der Waals surface area contributed by atoms with Crippen LogP contribution in [0.1, 0.15) is 53.8 Å². The van der Waals surface area contributed by atoms with Crippen LogP contribution in [-0.4, -0.2) is 32.4 Å². The number of nitrogens with one attached hydrogen (secondary N) is 3. The fourth-order valence-electron chi connectivity index (χ4n) is 3.38. The summed E-state index contributed by atoms with van der Waals surface area (Å²) in [7, 11) is 0. The molecule has 7 nitrogen and oxygen atoms in total. The first kappa shape index (κ1) is 18.4. The van der Waals surface area contributed by atoms with Crippen molar-refractivity contribution in [1.29, 1.82) is 0 Å². The van der Waals surface area contributed by atoms with Crippen molar-refractivity contribution >= 4 is 11.7 Å². The van der Waals surface area contributed by atoms with Gasteiger partial charge in [-0.15, -0.1) is 0 Å². The van der Waals surface area contributed by atoms with Crippen LogP contribution in [0.4, 0.5) is 5.82 Å². The number of rotatable bonds is 3. The van der Waals surface area contributed by atoms with E-state index >= 15 is 0 Å². The molecule has 3 aromatic rings. The lowest BCUT2D eigenvalue weighted by Gasteiger charge is -2.14. The highest BCUT2D eigenvalue weighted by Gasteiger charge is 2.25. The fraction of sp³-hybridized carbons (Fsp3) is 0.381. The van der Waals surface area contributed by atoms with Gasteiger partial charge in [0.2, 0.25) is 0 Å². The van der Waals surface area contributed by atoms with Gasteiger partial charge in [-0.2, -0.15) is 10.2 Å². The van der Waals surface area contributed by atoms with E-state index in [-0.39, 0.29) is 11.3 Å². The summed E-state index contributed by atoms with van der Waals surface area (Å²) in [5.74, 6) is 0.413. The van der Waals surface area contributed by atoms with Crippen molar-refractivity contribution in [2.24, 2.45) is 0 Å². The second-order valence-electron chi connectivity index (χ2n) is 8.33. The quantitative estimate of drug-likeness (QED) is 0.653. The number of carbonyl (C=O) groups excluding carboxylic acids is 1. The summed E-state index contributed by atoms with van der Waals surface area (Å²) in [6, 6.07) is 10.0. The molecule has 0 radical (unpaired) electrons. The summed E-state index contributed by atoms with van der Waals surface area (Å²) < 4.78 is 1.79. The molecule has 1 aliphatic heterocycles. The van der Waals surface area contributed by atoms with Crippen LogP contribution < -0.4 is 10.6 Å². The maximum atomic E-state index is 13.0. The van der Waals surface area contributed by atoms with Crippen molar-refractivity contribution in [3.63, 3.8) is 0 Å². The molecule has 0 atom stereocenters. The Kier molecular flexibility index (Phi) is 4.55. The first-order chi connectivity index (χ1) is 13.3. The summed E-state index contributed by atoms with van der Waals surface area (Å²) in [5, 5.41) is 18.4. The zero-order valence-corrected chi connectivity index (χ0v) is 16.8. The van der Waals surface area contributed by atoms with E-state index in [1.54, 1.807) is 4.68 Å². The maximum absolute atomic E-state index is 13.0. The number of aromatic amines is 1. The summed E-state index contributed by atoms with van der Waals surface area (Å²) in [4.78, 5) is 13.0. The van der Waals surface area contributed by atoms with Crippen LogP contribution >= 0.6 is 0 Å². The van der Waals surface area contributed by atoms with Crippen molar-refractivity contribution in [2.45, 2.75) is 46.1 Å². The number of aryl methyl sites for hydroxylation is 1. The summed E-state index contributed by atoms with van der Waals surface area (Å²) in [5.41, 5.74) is 5.25. The van der Waals surface area contributed by atoms with Gasteiger partial charge in [0.05, 0.1) is 11.4 Å². The number of benzene rings is 1. The second kappa shape index (κ2) is 6.91. The minimum absolute atomic E-state index is 0.135. The van der Waals surface area contributed by atoms with Crippen LogP contribution in [0, 0.1) is 6.92 Å². The van der Waals surface area contributed by atoms with Crippen molar-refractivity contribution in [3.8, 4) is 5.69 Å². The molecule has 0 saturated heterocycles. The molecular formula is C21H26N6O. The smallest absolute Gasteiger partial charge is 0.277 e. The fourth-order valence-corrected chi connectivity index (χ4v) is 3.38. The van der Waals surface area contributed by atoms with Gasteiger partial charge in [0, 0.05) is 42.2 Å². The highest BCUT2D eigenvalue weighted by atomic mass is 16.2. The van der Waals surface area contributed by atoms with Crippen molar-refractivity contribution in [2.75, 3.05) is 11.9 Å². The molecule has 7 heteroatoms. The molecular weight excluding hydrogens is 352 g/mol. The van der Waals surface area contributed by atoms with Crippen LogP contribution in [0.15, 0.2) is 30.3 Å². The molecule has 1 aromatic carbocycles. The Labute approximate surface area is 164 Å². The Morgan fingerprint density at radius 2 is 2.07 bits per heavy atom. The molecule has 0 unspecified atom stereocenters. The van der Waals surface area contributed by atoms with Crippen LogP contribution in [0.25, 0.3) is 5.69 Å². The van der Waals surface area contributed by atoms with E-state index in [9.17, 15) is 4.79 Å². The van der Waals surface area contributed by atoms with E-state index in [0.29, 0.717) is 18.1 Å². The lowest BCUT2D eigenvalue weighted by Crippen LogP contribution is -2.25. The molecule has 0 saturated carbocycles. The predicted octanol–water partition coefficient (Wildman–Crippen LogP) is 3.10. The lowest BCUT2D eigenvalue weighted by molar-refractivity contribution is 0.102. The molecule has 0 aliphatic carbocycles. The van der Waals surface area contributed by atoms with E-state index in [2.05, 4.69) is 47.7 Å². The van der Waals surface area contributed by atoms with Gasteiger partial charge in [0.25, 0.3) is 5.91 Å². The predicted molar refractivity (Wildman–Crippen MR) is 109 cm³/mol. The largest absolute Gasteiger partial charge is 0.312 e. The Morgan fingerprint density at radius 3 is 2.82 bits per heavy atom. The molecule has 0 bridgehead atoms. The lowest BCUT2D eigenvalue weighted by atomic mass is 9.92. The Morgan fingerprint density at radius 1 is 1.25 bits per heavy atom. The average molecular weight is 378 g/mol. The van der Waals surface area contributed by atoms with E-state index in [1.165, 1.54) is 0 Å². The zero-order valence-electron chi connectivity index (χ0n) is 16.8. The number of carbonyl (C=O) groups is 1. The minimum atomic E-state index is -0.226. The van der Waals surface area contributed by atoms with Gasteiger partial charge in [0.1, 0.15) is 5.82 Å². The van der Waals surface area contributed by atoms with Crippen molar-refractivity contribution < 1.29 is 4.79 Å². The van der Waals surface area contributed by atoms with Crippen LogP contribution in [0.2, 0.25) is 0 Å². The Hall–Kier alpha value is -2.93.